The maximum atomic E-state index is 12.7. The SMILES string of the molecule is CCn1ccnc1CNc1ccc(Cl)c(C(F)(F)F)c1. The number of aromatic nitrogens is 2. The lowest BCUT2D eigenvalue weighted by Gasteiger charge is -2.12. The van der Waals surface area contributed by atoms with E-state index < -0.39 is 11.7 Å². The zero-order valence-electron chi connectivity index (χ0n) is 10.7. The molecule has 1 heterocycles. The van der Waals surface area contributed by atoms with Crippen LogP contribution in [0, 0.1) is 0 Å². The van der Waals surface area contributed by atoms with Crippen LogP contribution in [0.5, 0.6) is 0 Å². The summed E-state index contributed by atoms with van der Waals surface area (Å²) in [5.41, 5.74) is -0.490. The Morgan fingerprint density at radius 3 is 2.75 bits per heavy atom. The van der Waals surface area contributed by atoms with E-state index in [2.05, 4.69) is 10.3 Å². The molecule has 2 rings (SSSR count). The van der Waals surface area contributed by atoms with Crippen LogP contribution in [0.3, 0.4) is 0 Å². The first kappa shape index (κ1) is 14.7. The average molecular weight is 304 g/mol. The molecule has 0 amide bonds. The van der Waals surface area contributed by atoms with Crippen molar-refractivity contribution >= 4 is 17.3 Å². The van der Waals surface area contributed by atoms with Gasteiger partial charge in [0.05, 0.1) is 17.1 Å². The number of imidazole rings is 1. The van der Waals surface area contributed by atoms with Crippen molar-refractivity contribution < 1.29 is 13.2 Å². The number of nitrogens with one attached hydrogen (secondary N) is 1. The van der Waals surface area contributed by atoms with Gasteiger partial charge in [-0.2, -0.15) is 13.2 Å². The van der Waals surface area contributed by atoms with Crippen molar-refractivity contribution in [2.24, 2.45) is 0 Å². The minimum absolute atomic E-state index is 0.307. The molecule has 0 saturated heterocycles. The van der Waals surface area contributed by atoms with Crippen LogP contribution in [0.25, 0.3) is 0 Å². The van der Waals surface area contributed by atoms with E-state index in [1.54, 1.807) is 6.20 Å². The molecule has 0 aliphatic carbocycles. The number of hydrogen-bond acceptors (Lipinski definition) is 2. The van der Waals surface area contributed by atoms with E-state index in [0.29, 0.717) is 12.2 Å². The molecule has 1 aromatic heterocycles. The van der Waals surface area contributed by atoms with E-state index in [9.17, 15) is 13.2 Å². The van der Waals surface area contributed by atoms with Gasteiger partial charge in [0, 0.05) is 24.6 Å². The maximum Gasteiger partial charge on any atom is 0.417 e. The normalized spacial score (nSPS) is 11.7. The lowest BCUT2D eigenvalue weighted by Crippen LogP contribution is -2.10. The van der Waals surface area contributed by atoms with Gasteiger partial charge in [0.25, 0.3) is 0 Å². The van der Waals surface area contributed by atoms with E-state index in [1.807, 2.05) is 17.7 Å². The average Bonchev–Trinajstić information content (AvgIpc) is 2.84. The molecule has 1 aromatic carbocycles. The fraction of sp³-hybridized carbons (Fsp3) is 0.308. The first-order valence-corrected chi connectivity index (χ1v) is 6.40. The number of nitrogens with zero attached hydrogens (tertiary/aromatic N) is 2. The second-order valence-corrected chi connectivity index (χ2v) is 4.58. The number of hydrogen-bond donors (Lipinski definition) is 1. The summed E-state index contributed by atoms with van der Waals surface area (Å²) in [5, 5.41) is 2.61. The molecule has 108 valence electrons. The van der Waals surface area contributed by atoms with Crippen LogP contribution < -0.4 is 5.32 Å². The van der Waals surface area contributed by atoms with E-state index in [1.165, 1.54) is 12.1 Å². The first-order valence-electron chi connectivity index (χ1n) is 6.02. The quantitative estimate of drug-likeness (QED) is 0.918. The molecule has 0 bridgehead atoms. The number of aryl methyl sites for hydroxylation is 1. The van der Waals surface area contributed by atoms with Crippen LogP contribution >= 0.6 is 11.6 Å². The minimum atomic E-state index is -4.46. The Bertz CT molecular complexity index is 593. The van der Waals surface area contributed by atoms with Crippen LogP contribution in [-0.2, 0) is 19.3 Å². The molecule has 0 spiro atoms. The fourth-order valence-corrected chi connectivity index (χ4v) is 2.05. The summed E-state index contributed by atoms with van der Waals surface area (Å²) in [4.78, 5) is 4.14. The molecule has 3 nitrogen and oxygen atoms in total. The number of alkyl halides is 3. The van der Waals surface area contributed by atoms with Gasteiger partial charge >= 0.3 is 6.18 Å². The molecular weight excluding hydrogens is 291 g/mol. The number of rotatable bonds is 4. The predicted molar refractivity (Wildman–Crippen MR) is 71.7 cm³/mol. The van der Waals surface area contributed by atoms with Crippen molar-refractivity contribution in [3.8, 4) is 0 Å². The van der Waals surface area contributed by atoms with Crippen molar-refractivity contribution in [3.63, 3.8) is 0 Å². The number of anilines is 1. The Labute approximate surface area is 119 Å². The largest absolute Gasteiger partial charge is 0.417 e. The summed E-state index contributed by atoms with van der Waals surface area (Å²) in [6, 6.07) is 3.75. The summed E-state index contributed by atoms with van der Waals surface area (Å²) in [6.07, 6.45) is -0.986. The molecule has 20 heavy (non-hydrogen) atoms. The predicted octanol–water partition coefficient (Wildman–Crippen LogP) is 4.19. The Morgan fingerprint density at radius 1 is 1.35 bits per heavy atom. The third kappa shape index (κ3) is 3.25. The van der Waals surface area contributed by atoms with Crippen LogP contribution in [0.1, 0.15) is 18.3 Å². The molecule has 0 saturated carbocycles. The highest BCUT2D eigenvalue weighted by Gasteiger charge is 2.33. The third-order valence-electron chi connectivity index (χ3n) is 2.86. The Balaban J connectivity index is 2.15. The van der Waals surface area contributed by atoms with Crippen LogP contribution in [0.4, 0.5) is 18.9 Å². The van der Waals surface area contributed by atoms with E-state index >= 15 is 0 Å². The van der Waals surface area contributed by atoms with E-state index in [4.69, 9.17) is 11.6 Å². The van der Waals surface area contributed by atoms with Crippen molar-refractivity contribution in [1.29, 1.82) is 0 Å². The van der Waals surface area contributed by atoms with E-state index in [-0.39, 0.29) is 5.02 Å². The van der Waals surface area contributed by atoms with Crippen LogP contribution in [0.2, 0.25) is 5.02 Å². The van der Waals surface area contributed by atoms with Gasteiger partial charge < -0.3 is 9.88 Å². The zero-order chi connectivity index (χ0) is 14.8. The molecular formula is C13H13ClF3N3. The minimum Gasteiger partial charge on any atom is -0.378 e. The lowest BCUT2D eigenvalue weighted by atomic mass is 10.2. The first-order chi connectivity index (χ1) is 9.41. The van der Waals surface area contributed by atoms with Crippen molar-refractivity contribution in [2.75, 3.05) is 5.32 Å². The summed E-state index contributed by atoms with van der Waals surface area (Å²) < 4.78 is 40.1. The fourth-order valence-electron chi connectivity index (χ4n) is 1.83. The molecule has 0 radical (unpaired) electrons. The standard InChI is InChI=1S/C13H13ClF3N3/c1-2-20-6-5-18-12(20)8-19-9-3-4-11(14)10(7-9)13(15,16)17/h3-7,19H,2,8H2,1H3. The van der Waals surface area contributed by atoms with Gasteiger partial charge in [-0.15, -0.1) is 0 Å². The van der Waals surface area contributed by atoms with Gasteiger partial charge in [0.15, 0.2) is 0 Å². The highest BCUT2D eigenvalue weighted by atomic mass is 35.5. The Kier molecular flexibility index (Phi) is 4.23. The second-order valence-electron chi connectivity index (χ2n) is 4.18. The highest BCUT2D eigenvalue weighted by Crippen LogP contribution is 2.36. The third-order valence-corrected chi connectivity index (χ3v) is 3.19. The number of benzene rings is 1. The molecule has 0 atom stereocenters. The Hall–Kier alpha value is -1.69. The molecule has 0 unspecified atom stereocenters. The van der Waals surface area contributed by atoms with Crippen LogP contribution in [0.15, 0.2) is 30.6 Å². The molecule has 7 heteroatoms. The second kappa shape index (κ2) is 5.75. The van der Waals surface area contributed by atoms with Gasteiger partial charge in [-0.05, 0) is 25.1 Å². The van der Waals surface area contributed by atoms with Crippen molar-refractivity contribution in [1.82, 2.24) is 9.55 Å². The van der Waals surface area contributed by atoms with Crippen LogP contribution in [-0.4, -0.2) is 9.55 Å². The zero-order valence-corrected chi connectivity index (χ0v) is 11.5. The molecule has 2 aromatic rings. The molecule has 0 fully saturated rings. The van der Waals surface area contributed by atoms with Gasteiger partial charge in [0.2, 0.25) is 0 Å². The maximum absolute atomic E-state index is 12.7. The molecule has 0 aliphatic heterocycles. The van der Waals surface area contributed by atoms with Gasteiger partial charge in [0.1, 0.15) is 5.82 Å². The van der Waals surface area contributed by atoms with Gasteiger partial charge in [-0.25, -0.2) is 4.98 Å². The summed E-state index contributed by atoms with van der Waals surface area (Å²) in [5.74, 6) is 0.760. The number of halogens is 4. The smallest absolute Gasteiger partial charge is 0.378 e. The topological polar surface area (TPSA) is 29.9 Å². The van der Waals surface area contributed by atoms with E-state index in [0.717, 1.165) is 18.4 Å². The van der Waals surface area contributed by atoms with Gasteiger partial charge in [-0.3, -0.25) is 0 Å². The Morgan fingerprint density at radius 2 is 2.10 bits per heavy atom. The summed E-state index contributed by atoms with van der Waals surface area (Å²) in [6.45, 7) is 3.07. The van der Waals surface area contributed by atoms with Crippen molar-refractivity contribution in [3.05, 3.63) is 47.0 Å². The van der Waals surface area contributed by atoms with Gasteiger partial charge in [-0.1, -0.05) is 11.6 Å². The lowest BCUT2D eigenvalue weighted by molar-refractivity contribution is -0.137. The molecule has 1 N–H and O–H groups in total. The molecule has 0 aliphatic rings. The van der Waals surface area contributed by atoms with Crippen molar-refractivity contribution in [2.45, 2.75) is 26.2 Å². The monoisotopic (exact) mass is 303 g/mol. The summed E-state index contributed by atoms with van der Waals surface area (Å²) >= 11 is 5.56. The summed E-state index contributed by atoms with van der Waals surface area (Å²) in [7, 11) is 0. The highest BCUT2D eigenvalue weighted by molar-refractivity contribution is 6.31.